The van der Waals surface area contributed by atoms with E-state index in [9.17, 15) is 18.4 Å². The van der Waals surface area contributed by atoms with Gasteiger partial charge in [-0.25, -0.2) is 8.78 Å². The Morgan fingerprint density at radius 2 is 1.74 bits per heavy atom. The van der Waals surface area contributed by atoms with E-state index in [0.29, 0.717) is 25.8 Å². The highest BCUT2D eigenvalue weighted by molar-refractivity contribution is 5.76. The second-order valence-corrected chi connectivity index (χ2v) is 5.98. The summed E-state index contributed by atoms with van der Waals surface area (Å²) in [5, 5.41) is 3.13. The van der Waals surface area contributed by atoms with E-state index < -0.39 is 11.6 Å². The minimum Gasteiger partial charge on any atom is -0.462 e. The molecule has 1 aliphatic rings. The van der Waals surface area contributed by atoms with Gasteiger partial charge in [0.15, 0.2) is 17.9 Å². The number of aldehydes is 1. The van der Waals surface area contributed by atoms with Crippen LogP contribution in [0.2, 0.25) is 0 Å². The summed E-state index contributed by atoms with van der Waals surface area (Å²) in [7, 11) is 0. The Morgan fingerprint density at radius 3 is 2.17 bits per heavy atom. The largest absolute Gasteiger partial charge is 0.462 e. The maximum atomic E-state index is 13.6. The van der Waals surface area contributed by atoms with Crippen LogP contribution >= 0.6 is 0 Å². The fourth-order valence-corrected chi connectivity index (χ4v) is 1.94. The van der Waals surface area contributed by atoms with Gasteiger partial charge in [-0.1, -0.05) is 0 Å². The molecule has 1 aliphatic heterocycles. The lowest BCUT2D eigenvalue weighted by atomic mass is 10.1. The fourth-order valence-electron chi connectivity index (χ4n) is 1.94. The van der Waals surface area contributed by atoms with Gasteiger partial charge in [0, 0.05) is 26.2 Å². The standard InChI is InChI=1S/C11H12F2N2O.C5H10O2/c12-10-8(7-16)1-2-9(11(10)13)15-5-3-14-4-6-15;1-5(2,3)7-4-6/h1-2,7,14H,3-6H2;4H,1-3H3. The quantitative estimate of drug-likeness (QED) is 0.862. The van der Waals surface area contributed by atoms with Gasteiger partial charge in [0.1, 0.15) is 5.60 Å². The number of anilines is 1. The van der Waals surface area contributed by atoms with Crippen LogP contribution in [0, 0.1) is 11.6 Å². The molecule has 0 amide bonds. The van der Waals surface area contributed by atoms with Gasteiger partial charge in [-0.2, -0.15) is 0 Å². The molecule has 0 aliphatic carbocycles. The van der Waals surface area contributed by atoms with Gasteiger partial charge in [-0.3, -0.25) is 9.59 Å². The first-order valence-electron chi connectivity index (χ1n) is 7.30. The smallest absolute Gasteiger partial charge is 0.293 e. The summed E-state index contributed by atoms with van der Waals surface area (Å²) >= 11 is 0. The fraction of sp³-hybridized carbons (Fsp3) is 0.500. The van der Waals surface area contributed by atoms with Crippen molar-refractivity contribution in [1.29, 1.82) is 0 Å². The van der Waals surface area contributed by atoms with E-state index in [1.54, 1.807) is 4.90 Å². The van der Waals surface area contributed by atoms with Crippen LogP contribution in [-0.2, 0) is 9.53 Å². The third-order valence-corrected chi connectivity index (χ3v) is 3.08. The molecular weight excluding hydrogens is 306 g/mol. The summed E-state index contributed by atoms with van der Waals surface area (Å²) in [5.41, 5.74) is -0.331. The zero-order valence-electron chi connectivity index (χ0n) is 13.6. The van der Waals surface area contributed by atoms with Gasteiger partial charge >= 0.3 is 0 Å². The molecule has 1 fully saturated rings. The number of rotatable bonds is 3. The lowest BCUT2D eigenvalue weighted by Gasteiger charge is -2.29. The molecular formula is C16H22F2N2O3. The Balaban J connectivity index is 0.000000322. The molecule has 0 spiro atoms. The molecule has 1 saturated heterocycles. The molecule has 5 nitrogen and oxygen atoms in total. The number of hydrogen-bond acceptors (Lipinski definition) is 5. The Kier molecular flexibility index (Phi) is 7.09. The van der Waals surface area contributed by atoms with Crippen molar-refractivity contribution in [3.8, 4) is 0 Å². The molecule has 0 bridgehead atoms. The first kappa shape index (κ1) is 19.0. The second-order valence-electron chi connectivity index (χ2n) is 5.98. The van der Waals surface area contributed by atoms with Gasteiger partial charge in [0.2, 0.25) is 0 Å². The van der Waals surface area contributed by atoms with Crippen molar-refractivity contribution in [3.05, 3.63) is 29.3 Å². The molecule has 1 aromatic rings. The number of nitrogens with one attached hydrogen (secondary N) is 1. The zero-order valence-corrected chi connectivity index (χ0v) is 13.6. The normalized spacial score (nSPS) is 14.6. The Hall–Kier alpha value is -2.02. The molecule has 128 valence electrons. The van der Waals surface area contributed by atoms with E-state index in [1.807, 2.05) is 20.8 Å². The highest BCUT2D eigenvalue weighted by atomic mass is 19.2. The number of carbonyl (C=O) groups excluding carboxylic acids is 2. The molecule has 0 saturated carbocycles. The lowest BCUT2D eigenvalue weighted by Crippen LogP contribution is -2.44. The number of hydrogen-bond donors (Lipinski definition) is 1. The van der Waals surface area contributed by atoms with Gasteiger partial charge in [-0.15, -0.1) is 0 Å². The molecule has 0 radical (unpaired) electrons. The Morgan fingerprint density at radius 1 is 1.13 bits per heavy atom. The highest BCUT2D eigenvalue weighted by Gasteiger charge is 2.19. The van der Waals surface area contributed by atoms with Crippen molar-refractivity contribution in [3.63, 3.8) is 0 Å². The van der Waals surface area contributed by atoms with E-state index in [0.717, 1.165) is 13.1 Å². The number of carbonyl (C=O) groups is 2. The van der Waals surface area contributed by atoms with Gasteiger partial charge < -0.3 is 15.0 Å². The summed E-state index contributed by atoms with van der Waals surface area (Å²) in [6.07, 6.45) is 0.319. The van der Waals surface area contributed by atoms with E-state index in [-0.39, 0.29) is 16.9 Å². The van der Waals surface area contributed by atoms with Crippen LogP contribution in [0.5, 0.6) is 0 Å². The van der Waals surface area contributed by atoms with Crippen LogP contribution < -0.4 is 10.2 Å². The second kappa shape index (κ2) is 8.57. The average Bonchev–Trinajstić information content (AvgIpc) is 2.50. The summed E-state index contributed by atoms with van der Waals surface area (Å²) in [5.74, 6) is -2.00. The number of nitrogens with zero attached hydrogens (tertiary/aromatic N) is 1. The molecule has 0 unspecified atom stereocenters. The molecule has 0 aromatic heterocycles. The Labute approximate surface area is 134 Å². The van der Waals surface area contributed by atoms with Crippen molar-refractivity contribution in [2.24, 2.45) is 0 Å². The summed E-state index contributed by atoms with van der Waals surface area (Å²) in [4.78, 5) is 21.8. The summed E-state index contributed by atoms with van der Waals surface area (Å²) in [6, 6.07) is 2.76. The Bertz CT molecular complexity index is 539. The van der Waals surface area contributed by atoms with Crippen molar-refractivity contribution >= 4 is 18.4 Å². The third kappa shape index (κ3) is 5.94. The molecule has 7 heteroatoms. The minimum absolute atomic E-state index is 0.226. The topological polar surface area (TPSA) is 58.6 Å². The molecule has 1 aromatic carbocycles. The summed E-state index contributed by atoms with van der Waals surface area (Å²) < 4.78 is 31.6. The minimum atomic E-state index is -1.06. The van der Waals surface area contributed by atoms with Crippen LogP contribution in [0.4, 0.5) is 14.5 Å². The van der Waals surface area contributed by atoms with Gasteiger partial charge in [0.05, 0.1) is 11.3 Å². The van der Waals surface area contributed by atoms with Crippen LogP contribution in [0.1, 0.15) is 31.1 Å². The molecule has 1 heterocycles. The number of halogens is 2. The van der Waals surface area contributed by atoms with Crippen molar-refractivity contribution in [2.75, 3.05) is 31.1 Å². The van der Waals surface area contributed by atoms with Gasteiger partial charge in [0.25, 0.3) is 6.47 Å². The molecule has 23 heavy (non-hydrogen) atoms. The van der Waals surface area contributed by atoms with Crippen molar-refractivity contribution in [1.82, 2.24) is 5.32 Å². The maximum Gasteiger partial charge on any atom is 0.293 e. The van der Waals surface area contributed by atoms with Crippen molar-refractivity contribution in [2.45, 2.75) is 26.4 Å². The number of ether oxygens (including phenoxy) is 1. The molecule has 0 atom stereocenters. The summed E-state index contributed by atoms with van der Waals surface area (Å²) in [6.45, 7) is 8.69. The third-order valence-electron chi connectivity index (χ3n) is 3.08. The van der Waals surface area contributed by atoms with Crippen LogP contribution in [-0.4, -0.2) is 44.5 Å². The number of piperazine rings is 1. The molecule has 1 N–H and O–H groups in total. The van der Waals surface area contributed by atoms with E-state index >= 15 is 0 Å². The maximum absolute atomic E-state index is 13.6. The first-order chi connectivity index (χ1) is 10.8. The van der Waals surface area contributed by atoms with E-state index in [2.05, 4.69) is 10.1 Å². The average molecular weight is 328 g/mol. The van der Waals surface area contributed by atoms with Crippen LogP contribution in [0.25, 0.3) is 0 Å². The highest BCUT2D eigenvalue weighted by Crippen LogP contribution is 2.23. The van der Waals surface area contributed by atoms with E-state index in [1.165, 1.54) is 12.1 Å². The van der Waals surface area contributed by atoms with Crippen LogP contribution in [0.3, 0.4) is 0 Å². The SMILES string of the molecule is CC(C)(C)OC=O.O=Cc1ccc(N2CCNCC2)c(F)c1F. The zero-order chi connectivity index (χ0) is 17.5. The number of benzene rings is 1. The predicted molar refractivity (Wildman–Crippen MR) is 83.7 cm³/mol. The van der Waals surface area contributed by atoms with Crippen LogP contribution in [0.15, 0.2) is 12.1 Å². The van der Waals surface area contributed by atoms with E-state index in [4.69, 9.17) is 0 Å². The first-order valence-corrected chi connectivity index (χ1v) is 7.30. The van der Waals surface area contributed by atoms with Gasteiger partial charge in [-0.05, 0) is 32.9 Å². The molecule has 2 rings (SSSR count). The monoisotopic (exact) mass is 328 g/mol. The lowest BCUT2D eigenvalue weighted by molar-refractivity contribution is -0.138. The predicted octanol–water partition coefficient (Wildman–Crippen LogP) is 2.14. The van der Waals surface area contributed by atoms with Crippen molar-refractivity contribution < 1.29 is 23.1 Å².